The first-order chi connectivity index (χ1) is 8.09. The van der Waals surface area contributed by atoms with Gasteiger partial charge in [0.1, 0.15) is 0 Å². The summed E-state index contributed by atoms with van der Waals surface area (Å²) in [7, 11) is 0. The second kappa shape index (κ2) is 6.74. The largest absolute Gasteiger partial charge is 0.330 e. The van der Waals surface area contributed by atoms with Crippen LogP contribution in [0.3, 0.4) is 0 Å². The quantitative estimate of drug-likeness (QED) is 0.729. The van der Waals surface area contributed by atoms with Crippen LogP contribution < -0.4 is 11.5 Å². The van der Waals surface area contributed by atoms with Gasteiger partial charge < -0.3 is 11.5 Å². The molecule has 0 amide bonds. The van der Waals surface area contributed by atoms with Crippen molar-refractivity contribution in [1.82, 2.24) is 0 Å². The summed E-state index contributed by atoms with van der Waals surface area (Å²) in [6.07, 6.45) is 4.77. The van der Waals surface area contributed by atoms with Gasteiger partial charge in [0, 0.05) is 5.02 Å². The van der Waals surface area contributed by atoms with E-state index in [4.69, 9.17) is 23.1 Å². The molecule has 1 aromatic carbocycles. The molecule has 1 atom stereocenters. The monoisotopic (exact) mass is 253 g/mol. The van der Waals surface area contributed by atoms with Crippen molar-refractivity contribution < 1.29 is 4.79 Å². The number of halogens is 1. The highest BCUT2D eigenvalue weighted by molar-refractivity contribution is 6.30. The summed E-state index contributed by atoms with van der Waals surface area (Å²) in [6.45, 7) is 0.621. The molecule has 4 heteroatoms. The number of nitrogens with two attached hydrogens (primary N) is 2. The maximum absolute atomic E-state index is 11.0. The summed E-state index contributed by atoms with van der Waals surface area (Å²) in [4.78, 5) is 11.0. The van der Waals surface area contributed by atoms with Crippen molar-refractivity contribution in [3.05, 3.63) is 34.9 Å². The van der Waals surface area contributed by atoms with Crippen molar-refractivity contribution in [2.75, 3.05) is 6.54 Å². The zero-order valence-corrected chi connectivity index (χ0v) is 10.5. The van der Waals surface area contributed by atoms with Crippen LogP contribution in [0.25, 0.3) is 0 Å². The average Bonchev–Trinajstić information content (AvgIpc) is 2.33. The summed E-state index contributed by atoms with van der Waals surface area (Å²) in [5.74, 6) is 0. The fraction of sp³-hybridized carbons (Fsp3) is 0.462. The second-order valence-electron chi connectivity index (χ2n) is 4.31. The predicted octanol–water partition coefficient (Wildman–Crippen LogP) is 1.82. The molecule has 93 valence electrons. The van der Waals surface area contributed by atoms with Gasteiger partial charge in [-0.05, 0) is 49.9 Å². The van der Waals surface area contributed by atoms with Gasteiger partial charge in [0.15, 0.2) is 0 Å². The zero-order valence-electron chi connectivity index (χ0n) is 9.79. The Morgan fingerprint density at radius 2 is 1.88 bits per heavy atom. The molecule has 0 saturated heterocycles. The molecule has 1 rings (SSSR count). The molecule has 0 bridgehead atoms. The molecule has 0 aliphatic heterocycles. The molecule has 0 saturated carbocycles. The third-order valence-corrected chi connectivity index (χ3v) is 2.97. The number of benzene rings is 1. The van der Waals surface area contributed by atoms with E-state index in [1.807, 2.05) is 18.4 Å². The molecule has 0 spiro atoms. The topological polar surface area (TPSA) is 69.1 Å². The van der Waals surface area contributed by atoms with E-state index in [0.717, 1.165) is 18.4 Å². The SMILES string of the molecule is NCCCCC(N)([C]=O)Cc1ccc(Cl)cc1. The van der Waals surface area contributed by atoms with E-state index in [-0.39, 0.29) is 0 Å². The van der Waals surface area contributed by atoms with Crippen LogP contribution >= 0.6 is 11.6 Å². The Labute approximate surface area is 107 Å². The third kappa shape index (κ3) is 4.86. The van der Waals surface area contributed by atoms with Crippen molar-refractivity contribution in [2.45, 2.75) is 31.2 Å². The molecule has 1 aromatic rings. The van der Waals surface area contributed by atoms with E-state index in [2.05, 4.69) is 0 Å². The van der Waals surface area contributed by atoms with Gasteiger partial charge in [0.2, 0.25) is 6.29 Å². The van der Waals surface area contributed by atoms with Crippen LogP contribution in [0.1, 0.15) is 24.8 Å². The lowest BCUT2D eigenvalue weighted by molar-refractivity contribution is 0.441. The van der Waals surface area contributed by atoms with Gasteiger partial charge in [-0.1, -0.05) is 23.7 Å². The Bertz CT molecular complexity index is 353. The normalized spacial score (nSPS) is 14.3. The van der Waals surface area contributed by atoms with Crippen LogP contribution in [0, 0.1) is 0 Å². The highest BCUT2D eigenvalue weighted by Crippen LogP contribution is 2.17. The first kappa shape index (κ1) is 14.2. The Hall–Kier alpha value is -0.900. The molecule has 3 nitrogen and oxygen atoms in total. The van der Waals surface area contributed by atoms with Crippen molar-refractivity contribution in [2.24, 2.45) is 11.5 Å². The molecule has 17 heavy (non-hydrogen) atoms. The highest BCUT2D eigenvalue weighted by Gasteiger charge is 2.25. The number of unbranched alkanes of at least 4 members (excludes halogenated alkanes) is 1. The Morgan fingerprint density at radius 3 is 2.41 bits per heavy atom. The molecular formula is C13H18ClN2O. The summed E-state index contributed by atoms with van der Waals surface area (Å²) in [6, 6.07) is 7.35. The van der Waals surface area contributed by atoms with Gasteiger partial charge in [0.25, 0.3) is 0 Å². The minimum Gasteiger partial charge on any atom is -0.330 e. The zero-order chi connectivity index (χ0) is 12.7. The van der Waals surface area contributed by atoms with Crippen LogP contribution in [0.15, 0.2) is 24.3 Å². The third-order valence-electron chi connectivity index (χ3n) is 2.71. The fourth-order valence-electron chi connectivity index (χ4n) is 1.73. The van der Waals surface area contributed by atoms with E-state index < -0.39 is 5.54 Å². The van der Waals surface area contributed by atoms with Gasteiger partial charge in [-0.15, -0.1) is 0 Å². The van der Waals surface area contributed by atoms with Crippen molar-refractivity contribution in [3.63, 3.8) is 0 Å². The molecule has 0 heterocycles. The molecule has 0 aliphatic rings. The maximum Gasteiger partial charge on any atom is 0.220 e. The molecule has 1 radical (unpaired) electrons. The molecule has 4 N–H and O–H groups in total. The number of rotatable bonds is 7. The van der Waals surface area contributed by atoms with Crippen LogP contribution in [-0.4, -0.2) is 18.4 Å². The highest BCUT2D eigenvalue weighted by atomic mass is 35.5. The summed E-state index contributed by atoms with van der Waals surface area (Å²) >= 11 is 5.80. The maximum atomic E-state index is 11.0. The fourth-order valence-corrected chi connectivity index (χ4v) is 1.85. The van der Waals surface area contributed by atoms with Crippen molar-refractivity contribution >= 4 is 17.9 Å². The minimum atomic E-state index is -0.914. The average molecular weight is 254 g/mol. The van der Waals surface area contributed by atoms with Crippen LogP contribution in [0.4, 0.5) is 0 Å². The standard InChI is InChI=1S/C13H18ClN2O/c14-12-5-3-11(4-6-12)9-13(16,10-17)7-1-2-8-15/h3-6H,1-2,7-9,15-16H2. The summed E-state index contributed by atoms with van der Waals surface area (Å²) < 4.78 is 0. The van der Waals surface area contributed by atoms with E-state index in [1.54, 1.807) is 12.1 Å². The van der Waals surface area contributed by atoms with Crippen molar-refractivity contribution in [1.29, 1.82) is 0 Å². The predicted molar refractivity (Wildman–Crippen MR) is 70.7 cm³/mol. The minimum absolute atomic E-state index is 0.484. The van der Waals surface area contributed by atoms with E-state index >= 15 is 0 Å². The lowest BCUT2D eigenvalue weighted by Gasteiger charge is -2.22. The molecule has 1 unspecified atom stereocenters. The van der Waals surface area contributed by atoms with Gasteiger partial charge in [-0.3, -0.25) is 4.79 Å². The van der Waals surface area contributed by atoms with Gasteiger partial charge in [-0.25, -0.2) is 0 Å². The van der Waals surface area contributed by atoms with E-state index in [0.29, 0.717) is 24.4 Å². The summed E-state index contributed by atoms with van der Waals surface area (Å²) in [5, 5.41) is 0.676. The van der Waals surface area contributed by atoms with Crippen molar-refractivity contribution in [3.8, 4) is 0 Å². The Morgan fingerprint density at radius 1 is 1.24 bits per heavy atom. The number of carbonyl (C=O) groups excluding carboxylic acids is 1. The lowest BCUT2D eigenvalue weighted by Crippen LogP contribution is -2.43. The van der Waals surface area contributed by atoms with Gasteiger partial charge in [-0.2, -0.15) is 0 Å². The van der Waals surface area contributed by atoms with E-state index in [9.17, 15) is 4.79 Å². The number of hydrogen-bond donors (Lipinski definition) is 2. The molecular weight excluding hydrogens is 236 g/mol. The number of hydrogen-bond acceptors (Lipinski definition) is 3. The first-order valence-electron chi connectivity index (χ1n) is 5.72. The lowest BCUT2D eigenvalue weighted by atomic mass is 9.88. The smallest absolute Gasteiger partial charge is 0.220 e. The van der Waals surface area contributed by atoms with E-state index in [1.165, 1.54) is 0 Å². The van der Waals surface area contributed by atoms with Crippen LogP contribution in [0.5, 0.6) is 0 Å². The van der Waals surface area contributed by atoms with Gasteiger partial charge in [0.05, 0.1) is 5.54 Å². The Balaban J connectivity index is 2.61. The molecule has 0 aromatic heterocycles. The Kier molecular flexibility index (Phi) is 5.62. The summed E-state index contributed by atoms with van der Waals surface area (Å²) in [5.41, 5.74) is 11.5. The van der Waals surface area contributed by atoms with Crippen LogP contribution in [0.2, 0.25) is 5.02 Å². The van der Waals surface area contributed by atoms with Gasteiger partial charge >= 0.3 is 0 Å². The second-order valence-corrected chi connectivity index (χ2v) is 4.74. The molecule has 0 fully saturated rings. The first-order valence-corrected chi connectivity index (χ1v) is 6.10. The molecule has 0 aliphatic carbocycles. The van der Waals surface area contributed by atoms with Crippen LogP contribution in [-0.2, 0) is 11.2 Å².